The highest BCUT2D eigenvalue weighted by Crippen LogP contribution is 2.13. The Morgan fingerprint density at radius 3 is 1.56 bits per heavy atom. The molecule has 0 atom stereocenters. The van der Waals surface area contributed by atoms with Crippen LogP contribution >= 0.6 is 0 Å². The fourth-order valence-corrected chi connectivity index (χ4v) is 3.10. The first-order chi connectivity index (χ1) is 13.2. The van der Waals surface area contributed by atoms with Crippen LogP contribution in [0.2, 0.25) is 0 Å². The molecule has 0 heterocycles. The Balaban J connectivity index is 3.02. The van der Waals surface area contributed by atoms with Crippen molar-refractivity contribution in [3.8, 4) is 0 Å². The average Bonchev–Trinajstić information content (AvgIpc) is 2.65. The van der Waals surface area contributed by atoms with Crippen LogP contribution in [0.15, 0.2) is 0 Å². The molecule has 0 unspecified atom stereocenters. The summed E-state index contributed by atoms with van der Waals surface area (Å²) in [6.45, 7) is 6.68. The summed E-state index contributed by atoms with van der Waals surface area (Å²) >= 11 is 0. The van der Waals surface area contributed by atoms with Crippen LogP contribution in [0.4, 0.5) is 0 Å². The van der Waals surface area contributed by atoms with E-state index in [4.69, 9.17) is 9.47 Å². The molecule has 0 saturated carbocycles. The molecule has 0 fully saturated rings. The van der Waals surface area contributed by atoms with E-state index in [-0.39, 0.29) is 5.97 Å². The Hall–Kier alpha value is -0.610. The van der Waals surface area contributed by atoms with E-state index < -0.39 is 0 Å². The maximum Gasteiger partial charge on any atom is 0.305 e. The second-order valence-electron chi connectivity index (χ2n) is 7.81. The maximum atomic E-state index is 11.0. The third kappa shape index (κ3) is 23.4. The number of methoxy groups -OCH3 is 1. The van der Waals surface area contributed by atoms with Gasteiger partial charge in [-0.15, -0.1) is 0 Å². The Morgan fingerprint density at radius 2 is 1.07 bits per heavy atom. The quantitative estimate of drug-likeness (QED) is 0.168. The lowest BCUT2D eigenvalue weighted by Gasteiger charge is -2.07. The molecule has 0 aliphatic rings. The van der Waals surface area contributed by atoms with Crippen molar-refractivity contribution < 1.29 is 19.0 Å². The summed E-state index contributed by atoms with van der Waals surface area (Å²) in [7, 11) is 1.46. The van der Waals surface area contributed by atoms with Gasteiger partial charge in [0.1, 0.15) is 0 Å². The second-order valence-corrected chi connectivity index (χ2v) is 7.81. The first kappa shape index (κ1) is 26.4. The molecular weight excluding hydrogens is 340 g/mol. The van der Waals surface area contributed by atoms with Crippen LogP contribution in [0.3, 0.4) is 0 Å². The minimum absolute atomic E-state index is 0.0743. The largest absolute Gasteiger partial charge is 0.469 e. The molecule has 0 aromatic rings. The molecule has 27 heavy (non-hydrogen) atoms. The van der Waals surface area contributed by atoms with Crippen molar-refractivity contribution in [2.45, 2.75) is 116 Å². The van der Waals surface area contributed by atoms with Crippen molar-refractivity contribution in [3.05, 3.63) is 0 Å². The van der Waals surface area contributed by atoms with Crippen molar-refractivity contribution in [3.63, 3.8) is 0 Å². The number of carbonyl (C=O) groups excluding carboxylic acids is 1. The molecule has 4 nitrogen and oxygen atoms in total. The highest BCUT2D eigenvalue weighted by Gasteiger charge is 1.99. The zero-order valence-corrected chi connectivity index (χ0v) is 18.4. The van der Waals surface area contributed by atoms with E-state index in [0.29, 0.717) is 12.5 Å². The van der Waals surface area contributed by atoms with Crippen LogP contribution in [0.5, 0.6) is 0 Å². The molecule has 0 amide bonds. The first-order valence-corrected chi connectivity index (χ1v) is 11.4. The molecule has 0 aromatic heterocycles. The summed E-state index contributed by atoms with van der Waals surface area (Å²) in [5.74, 6) is -0.0743. The SMILES string of the molecule is COC(=O)CCCCCCCCCCCCCCCOCCCOC(C)C. The zero-order valence-electron chi connectivity index (χ0n) is 18.4. The number of hydrogen-bond acceptors (Lipinski definition) is 4. The lowest BCUT2D eigenvalue weighted by atomic mass is 10.0. The van der Waals surface area contributed by atoms with E-state index in [1.54, 1.807) is 0 Å². The average molecular weight is 387 g/mol. The lowest BCUT2D eigenvalue weighted by Crippen LogP contribution is -2.07. The maximum absolute atomic E-state index is 11.0. The summed E-state index contributed by atoms with van der Waals surface area (Å²) < 4.78 is 15.8. The van der Waals surface area contributed by atoms with Crippen LogP contribution in [0.1, 0.15) is 110 Å². The molecule has 0 saturated heterocycles. The van der Waals surface area contributed by atoms with Crippen molar-refractivity contribution in [2.75, 3.05) is 26.9 Å². The lowest BCUT2D eigenvalue weighted by molar-refractivity contribution is -0.140. The summed E-state index contributed by atoms with van der Waals surface area (Å²) in [4.78, 5) is 11.0. The predicted molar refractivity (Wildman–Crippen MR) is 113 cm³/mol. The zero-order chi connectivity index (χ0) is 20.0. The number of rotatable bonds is 21. The highest BCUT2D eigenvalue weighted by atomic mass is 16.5. The van der Waals surface area contributed by atoms with Gasteiger partial charge in [0.2, 0.25) is 0 Å². The Morgan fingerprint density at radius 1 is 0.630 bits per heavy atom. The smallest absolute Gasteiger partial charge is 0.305 e. The predicted octanol–water partition coefficient (Wildman–Crippen LogP) is 6.45. The fraction of sp³-hybridized carbons (Fsp3) is 0.957. The normalized spacial score (nSPS) is 11.3. The Bertz CT molecular complexity index is 305. The number of hydrogen-bond donors (Lipinski definition) is 0. The van der Waals surface area contributed by atoms with E-state index >= 15 is 0 Å². The van der Waals surface area contributed by atoms with E-state index in [1.807, 2.05) is 0 Å². The first-order valence-electron chi connectivity index (χ1n) is 11.4. The van der Waals surface area contributed by atoms with E-state index in [9.17, 15) is 4.79 Å². The van der Waals surface area contributed by atoms with Crippen molar-refractivity contribution in [1.29, 1.82) is 0 Å². The van der Waals surface area contributed by atoms with Gasteiger partial charge in [-0.3, -0.25) is 4.79 Å². The van der Waals surface area contributed by atoms with Crippen molar-refractivity contribution in [2.24, 2.45) is 0 Å². The fourth-order valence-electron chi connectivity index (χ4n) is 3.10. The van der Waals surface area contributed by atoms with Crippen LogP contribution in [-0.2, 0) is 19.0 Å². The molecule has 0 aliphatic carbocycles. The van der Waals surface area contributed by atoms with E-state index in [2.05, 4.69) is 18.6 Å². The van der Waals surface area contributed by atoms with Gasteiger partial charge in [0, 0.05) is 26.2 Å². The number of esters is 1. The Labute approximate surface area is 168 Å². The third-order valence-electron chi connectivity index (χ3n) is 4.78. The van der Waals surface area contributed by atoms with E-state index in [1.165, 1.54) is 77.7 Å². The van der Waals surface area contributed by atoms with Crippen LogP contribution < -0.4 is 0 Å². The minimum Gasteiger partial charge on any atom is -0.469 e. The van der Waals surface area contributed by atoms with Crippen molar-refractivity contribution in [1.82, 2.24) is 0 Å². The summed E-state index contributed by atoms with van der Waals surface area (Å²) in [6, 6.07) is 0. The Kier molecular flexibility index (Phi) is 21.2. The van der Waals surface area contributed by atoms with Crippen LogP contribution in [-0.4, -0.2) is 39.0 Å². The van der Waals surface area contributed by atoms with Gasteiger partial charge in [0.15, 0.2) is 0 Å². The van der Waals surface area contributed by atoms with Crippen molar-refractivity contribution >= 4 is 5.97 Å². The monoisotopic (exact) mass is 386 g/mol. The van der Waals surface area contributed by atoms with Gasteiger partial charge in [0.05, 0.1) is 13.2 Å². The molecule has 0 aromatic carbocycles. The number of ether oxygens (including phenoxy) is 3. The van der Waals surface area contributed by atoms with Gasteiger partial charge < -0.3 is 14.2 Å². The summed E-state index contributed by atoms with van der Waals surface area (Å²) in [6.07, 6.45) is 18.7. The standard InChI is InChI=1S/C23H46O4/c1-22(2)27-21-17-20-26-19-16-14-12-10-8-6-4-5-7-9-11-13-15-18-23(24)25-3/h22H,4-21H2,1-3H3. The van der Waals surface area contributed by atoms with Gasteiger partial charge in [-0.25, -0.2) is 0 Å². The van der Waals surface area contributed by atoms with Gasteiger partial charge in [0.25, 0.3) is 0 Å². The molecular formula is C23H46O4. The topological polar surface area (TPSA) is 44.8 Å². The second kappa shape index (κ2) is 21.7. The highest BCUT2D eigenvalue weighted by molar-refractivity contribution is 5.68. The van der Waals surface area contributed by atoms with Crippen LogP contribution in [0.25, 0.3) is 0 Å². The van der Waals surface area contributed by atoms with Crippen LogP contribution in [0, 0.1) is 0 Å². The molecule has 162 valence electrons. The molecule has 0 aliphatic heterocycles. The summed E-state index contributed by atoms with van der Waals surface area (Å²) in [5, 5.41) is 0. The molecule has 0 radical (unpaired) electrons. The van der Waals surface area contributed by atoms with E-state index in [0.717, 1.165) is 39.1 Å². The number of carbonyl (C=O) groups is 1. The minimum atomic E-state index is -0.0743. The molecule has 0 spiro atoms. The summed E-state index contributed by atoms with van der Waals surface area (Å²) in [5.41, 5.74) is 0. The van der Waals surface area contributed by atoms with Gasteiger partial charge in [-0.1, -0.05) is 70.6 Å². The molecule has 4 heteroatoms. The number of unbranched alkanes of at least 4 members (excludes halogenated alkanes) is 12. The van der Waals surface area contributed by atoms with Gasteiger partial charge >= 0.3 is 5.97 Å². The molecule has 0 N–H and O–H groups in total. The van der Waals surface area contributed by atoms with Gasteiger partial charge in [-0.2, -0.15) is 0 Å². The van der Waals surface area contributed by atoms with Gasteiger partial charge in [-0.05, 0) is 33.1 Å². The molecule has 0 rings (SSSR count). The molecule has 0 bridgehead atoms. The third-order valence-corrected chi connectivity index (χ3v) is 4.78.